The molecule has 0 aliphatic carbocycles. The van der Waals surface area contributed by atoms with Crippen molar-refractivity contribution in [3.05, 3.63) is 113 Å². The van der Waals surface area contributed by atoms with Crippen molar-refractivity contribution < 1.29 is 17.7 Å². The maximum absolute atomic E-state index is 14.2. The molecular weight excluding hydrogens is 453 g/mol. The Morgan fingerprint density at radius 3 is 1.67 bits per heavy atom. The lowest BCUT2D eigenvalue weighted by atomic mass is 10.2. The minimum Gasteiger partial charge on any atom is -0.328 e. The largest absolute Gasteiger partial charge is 0.328 e. The molecule has 1 N–H and O–H groups in total. The predicted molar refractivity (Wildman–Crippen MR) is 118 cm³/mol. The highest BCUT2D eigenvalue weighted by atomic mass is 35.5. The SMILES string of the molecule is O=P(/C=C(\Cl)c1ccccc1)(/C=C(/Cl)c1ccccc1)Nc1ccc(F)c(F)c1F. The summed E-state index contributed by atoms with van der Waals surface area (Å²) in [5, 5.41) is 2.67. The van der Waals surface area contributed by atoms with Crippen molar-refractivity contribution in [3.63, 3.8) is 0 Å². The van der Waals surface area contributed by atoms with E-state index in [0.29, 0.717) is 11.1 Å². The molecule has 0 fully saturated rings. The van der Waals surface area contributed by atoms with E-state index in [1.807, 2.05) is 0 Å². The predicted octanol–water partition coefficient (Wildman–Crippen LogP) is 8.27. The number of rotatable bonds is 6. The Labute approximate surface area is 182 Å². The molecule has 0 heterocycles. The third-order valence-electron chi connectivity index (χ3n) is 4.04. The molecular formula is C22H15Cl2F3NOP. The van der Waals surface area contributed by atoms with Gasteiger partial charge in [-0.05, 0) is 23.3 Å². The van der Waals surface area contributed by atoms with Crippen molar-refractivity contribution in [1.82, 2.24) is 0 Å². The van der Waals surface area contributed by atoms with E-state index in [4.69, 9.17) is 23.2 Å². The minimum atomic E-state index is -3.81. The highest BCUT2D eigenvalue weighted by molar-refractivity contribution is 7.72. The van der Waals surface area contributed by atoms with Gasteiger partial charge < -0.3 is 5.09 Å². The Morgan fingerprint density at radius 2 is 1.20 bits per heavy atom. The van der Waals surface area contributed by atoms with Crippen molar-refractivity contribution in [2.24, 2.45) is 0 Å². The zero-order valence-electron chi connectivity index (χ0n) is 15.3. The molecule has 1 atom stereocenters. The molecule has 0 aliphatic heterocycles. The lowest BCUT2D eigenvalue weighted by Gasteiger charge is -2.16. The first-order valence-electron chi connectivity index (χ1n) is 8.68. The van der Waals surface area contributed by atoms with Gasteiger partial charge in [-0.15, -0.1) is 0 Å². The Kier molecular flexibility index (Phi) is 7.09. The summed E-state index contributed by atoms with van der Waals surface area (Å²) in [6, 6.07) is 19.0. The van der Waals surface area contributed by atoms with E-state index in [0.717, 1.165) is 12.1 Å². The molecule has 0 saturated carbocycles. The number of hydrogen-bond acceptors (Lipinski definition) is 1. The third kappa shape index (κ3) is 5.37. The fourth-order valence-corrected chi connectivity index (χ4v) is 5.43. The third-order valence-corrected chi connectivity index (χ3v) is 6.87. The van der Waals surface area contributed by atoms with E-state index in [1.165, 1.54) is 11.6 Å². The smallest absolute Gasteiger partial charge is 0.216 e. The van der Waals surface area contributed by atoms with Gasteiger partial charge in [-0.3, -0.25) is 4.57 Å². The van der Waals surface area contributed by atoms with Gasteiger partial charge >= 0.3 is 0 Å². The van der Waals surface area contributed by atoms with Crippen LogP contribution < -0.4 is 5.09 Å². The summed E-state index contributed by atoms with van der Waals surface area (Å²) in [4.78, 5) is 0. The number of halogens is 5. The highest BCUT2D eigenvalue weighted by Gasteiger charge is 2.23. The summed E-state index contributed by atoms with van der Waals surface area (Å²) in [6.07, 6.45) is 0. The number of hydrogen-bond donors (Lipinski definition) is 1. The molecule has 3 rings (SSSR count). The molecule has 2 nitrogen and oxygen atoms in total. The van der Waals surface area contributed by atoms with Gasteiger partial charge in [0.05, 0.1) is 15.8 Å². The van der Waals surface area contributed by atoms with E-state index in [1.54, 1.807) is 60.7 Å². The van der Waals surface area contributed by atoms with Gasteiger partial charge in [0.15, 0.2) is 17.5 Å². The molecule has 3 aromatic carbocycles. The first-order chi connectivity index (χ1) is 14.3. The topological polar surface area (TPSA) is 29.1 Å². The van der Waals surface area contributed by atoms with E-state index in [9.17, 15) is 17.7 Å². The molecule has 3 aromatic rings. The molecule has 0 bridgehead atoms. The lowest BCUT2D eigenvalue weighted by molar-refractivity contribution is 0.449. The Balaban J connectivity index is 2.09. The van der Waals surface area contributed by atoms with Gasteiger partial charge in [0.2, 0.25) is 7.29 Å². The van der Waals surface area contributed by atoms with Crippen molar-refractivity contribution in [1.29, 1.82) is 0 Å². The highest BCUT2D eigenvalue weighted by Crippen LogP contribution is 2.54. The molecule has 0 aromatic heterocycles. The number of anilines is 1. The zero-order valence-corrected chi connectivity index (χ0v) is 17.7. The molecule has 30 heavy (non-hydrogen) atoms. The maximum atomic E-state index is 14.2. The average Bonchev–Trinajstić information content (AvgIpc) is 2.75. The van der Waals surface area contributed by atoms with Crippen LogP contribution in [0, 0.1) is 17.5 Å². The second-order valence-corrected chi connectivity index (χ2v) is 9.20. The fraction of sp³-hybridized carbons (Fsp3) is 0. The number of nitrogens with one attached hydrogen (secondary N) is 1. The van der Waals surface area contributed by atoms with E-state index < -0.39 is 30.4 Å². The van der Waals surface area contributed by atoms with E-state index in [2.05, 4.69) is 5.09 Å². The Morgan fingerprint density at radius 1 is 0.733 bits per heavy atom. The summed E-state index contributed by atoms with van der Waals surface area (Å²) >= 11 is 12.7. The van der Waals surface area contributed by atoms with E-state index in [-0.39, 0.29) is 10.1 Å². The van der Waals surface area contributed by atoms with Crippen LogP contribution in [-0.2, 0) is 4.57 Å². The van der Waals surface area contributed by atoms with Gasteiger partial charge in [0, 0.05) is 11.6 Å². The summed E-state index contributed by atoms with van der Waals surface area (Å²) in [5.74, 6) is -2.15. The van der Waals surface area contributed by atoms with Crippen LogP contribution in [0.1, 0.15) is 11.1 Å². The van der Waals surface area contributed by atoms with Gasteiger partial charge in [0.25, 0.3) is 0 Å². The van der Waals surface area contributed by atoms with Crippen molar-refractivity contribution in [2.75, 3.05) is 5.09 Å². The average molecular weight is 468 g/mol. The van der Waals surface area contributed by atoms with Crippen LogP contribution >= 0.6 is 30.5 Å². The van der Waals surface area contributed by atoms with Crippen molar-refractivity contribution in [3.8, 4) is 0 Å². The normalized spacial score (nSPS) is 14.3. The molecule has 0 amide bonds. The van der Waals surface area contributed by atoms with E-state index >= 15 is 0 Å². The summed E-state index contributed by atoms with van der Waals surface area (Å²) in [6.45, 7) is 0. The lowest BCUT2D eigenvalue weighted by Crippen LogP contribution is -2.00. The molecule has 0 aliphatic rings. The summed E-state index contributed by atoms with van der Waals surface area (Å²) in [5.41, 5.74) is 0.646. The molecule has 8 heteroatoms. The quantitative estimate of drug-likeness (QED) is 0.292. The van der Waals surface area contributed by atoms with Crippen LogP contribution in [0.4, 0.5) is 18.9 Å². The van der Waals surface area contributed by atoms with Gasteiger partial charge in [-0.2, -0.15) is 0 Å². The number of benzene rings is 3. The fourth-order valence-electron chi connectivity index (χ4n) is 2.58. The van der Waals surface area contributed by atoms with Crippen molar-refractivity contribution in [2.45, 2.75) is 0 Å². The van der Waals surface area contributed by atoms with Crippen LogP contribution in [-0.4, -0.2) is 0 Å². The van der Waals surface area contributed by atoms with Crippen LogP contribution in [0.5, 0.6) is 0 Å². The van der Waals surface area contributed by atoms with Crippen LogP contribution in [0.15, 0.2) is 84.4 Å². The second-order valence-electron chi connectivity index (χ2n) is 6.23. The van der Waals surface area contributed by atoms with Crippen LogP contribution in [0.25, 0.3) is 10.1 Å². The maximum Gasteiger partial charge on any atom is 0.216 e. The summed E-state index contributed by atoms with van der Waals surface area (Å²) < 4.78 is 54.8. The Hall–Kier alpha value is -2.46. The molecule has 0 saturated heterocycles. The molecule has 0 spiro atoms. The Bertz CT molecular complexity index is 1090. The first kappa shape index (κ1) is 22.2. The van der Waals surface area contributed by atoms with Crippen LogP contribution in [0.2, 0.25) is 0 Å². The molecule has 0 radical (unpaired) electrons. The van der Waals surface area contributed by atoms with Gasteiger partial charge in [0.1, 0.15) is 0 Å². The first-order valence-corrected chi connectivity index (χ1v) is 11.3. The minimum absolute atomic E-state index is 0.114. The standard InChI is InChI=1S/C22H15Cl2F3NOP/c23-17(15-7-3-1-4-8-15)13-30(29,14-18(24)16-9-5-2-6-10-16)28-20-12-11-19(25)21(26)22(20)27/h1-14H,(H,28,29)/b17-13-,18-14+. The zero-order chi connectivity index (χ0) is 21.7. The summed E-state index contributed by atoms with van der Waals surface area (Å²) in [7, 11) is -3.81. The monoisotopic (exact) mass is 467 g/mol. The van der Waals surface area contributed by atoms with Crippen molar-refractivity contribution >= 4 is 46.2 Å². The second kappa shape index (κ2) is 9.57. The van der Waals surface area contributed by atoms with Gasteiger partial charge in [-0.25, -0.2) is 13.2 Å². The van der Waals surface area contributed by atoms with Crippen LogP contribution in [0.3, 0.4) is 0 Å². The molecule has 1 unspecified atom stereocenters. The van der Waals surface area contributed by atoms with Gasteiger partial charge in [-0.1, -0.05) is 83.9 Å². The molecule has 154 valence electrons.